The van der Waals surface area contributed by atoms with Crippen molar-refractivity contribution >= 4 is 0 Å². The van der Waals surface area contributed by atoms with E-state index in [1.807, 2.05) is 0 Å². The molecule has 0 radical (unpaired) electrons. The number of hydrogen-bond acceptors (Lipinski definition) is 4. The number of ether oxygens (including phenoxy) is 3. The Morgan fingerprint density at radius 3 is 0.846 bits per heavy atom. The zero-order valence-corrected chi connectivity index (χ0v) is 43.2. The lowest BCUT2D eigenvalue weighted by Crippen LogP contribution is -2.21. The second kappa shape index (κ2) is 30.5. The molecule has 11 unspecified atom stereocenters. The summed E-state index contributed by atoms with van der Waals surface area (Å²) in [6.45, 7) is 0. The van der Waals surface area contributed by atoms with Gasteiger partial charge >= 0.3 is 0 Å². The summed E-state index contributed by atoms with van der Waals surface area (Å²) in [5.41, 5.74) is 0.614. The molecule has 7 fully saturated rings. The van der Waals surface area contributed by atoms with Gasteiger partial charge in [-0.05, 0) is 125 Å². The summed E-state index contributed by atoms with van der Waals surface area (Å²) in [5, 5.41) is 10.1. The van der Waals surface area contributed by atoms with Crippen LogP contribution in [0.2, 0.25) is 0 Å². The Hall–Kier alpha value is -0.160. The molecule has 4 aliphatic carbocycles. The molecule has 7 aliphatic rings. The van der Waals surface area contributed by atoms with Gasteiger partial charge in [0.05, 0.1) is 42.7 Å². The maximum Gasteiger partial charge on any atom is 0.0844 e. The van der Waals surface area contributed by atoms with E-state index in [9.17, 15) is 5.11 Å². The molecule has 0 spiro atoms. The summed E-state index contributed by atoms with van der Waals surface area (Å²) >= 11 is 0. The van der Waals surface area contributed by atoms with Crippen molar-refractivity contribution in [1.29, 1.82) is 0 Å². The zero-order valence-electron chi connectivity index (χ0n) is 43.2. The van der Waals surface area contributed by atoms with Crippen molar-refractivity contribution in [1.82, 2.24) is 0 Å². The van der Waals surface area contributed by atoms with Gasteiger partial charge in [0, 0.05) is 0 Å². The molecular weight excluding hydrogens is 797 g/mol. The quantitative estimate of drug-likeness (QED) is 0.0492. The lowest BCUT2D eigenvalue weighted by molar-refractivity contribution is 0.0973. The molecule has 0 bridgehead atoms. The fraction of sp³-hybridized carbons (Fsp3) is 1.00. The van der Waals surface area contributed by atoms with Crippen LogP contribution in [0.3, 0.4) is 0 Å². The molecular formula is C61H110O4. The van der Waals surface area contributed by atoms with Crippen LogP contribution < -0.4 is 0 Å². The van der Waals surface area contributed by atoms with E-state index in [2.05, 4.69) is 0 Å². The van der Waals surface area contributed by atoms with Crippen molar-refractivity contribution in [3.63, 3.8) is 0 Å². The Labute approximate surface area is 404 Å². The fourth-order valence-corrected chi connectivity index (χ4v) is 14.8. The maximum absolute atomic E-state index is 10.1. The first-order valence-electron chi connectivity index (χ1n) is 30.8. The number of rotatable bonds is 40. The molecule has 4 saturated carbocycles. The van der Waals surface area contributed by atoms with Crippen molar-refractivity contribution in [2.75, 3.05) is 0 Å². The highest BCUT2D eigenvalue weighted by Gasteiger charge is 2.45. The largest absolute Gasteiger partial charge is 0.393 e. The molecule has 3 heterocycles. The Bertz CT molecular complexity index is 1050. The minimum absolute atomic E-state index is 0.00604. The van der Waals surface area contributed by atoms with Gasteiger partial charge in [0.1, 0.15) is 0 Å². The number of aliphatic hydroxyl groups excluding tert-OH is 1. The van der Waals surface area contributed by atoms with Gasteiger partial charge < -0.3 is 19.3 Å². The summed E-state index contributed by atoms with van der Waals surface area (Å²) in [6, 6.07) is 0. The Morgan fingerprint density at radius 2 is 0.554 bits per heavy atom. The van der Waals surface area contributed by atoms with E-state index in [-0.39, 0.29) is 6.10 Å². The summed E-state index contributed by atoms with van der Waals surface area (Å²) < 4.78 is 17.4. The summed E-state index contributed by atoms with van der Waals surface area (Å²) in [4.78, 5) is 0. The van der Waals surface area contributed by atoms with E-state index < -0.39 is 0 Å². The van der Waals surface area contributed by atoms with Crippen molar-refractivity contribution < 1.29 is 19.3 Å². The van der Waals surface area contributed by atoms with Crippen molar-refractivity contribution in [3.8, 4) is 0 Å². The SMILES string of the molecule is OC1CCCC(CCCCCCCCCC(CCCCCCCCCC2CCC3OC3C2)(CCCCCCCCCC2CCC3OC3C2)CCCCCCCCCC2CCC3OC3C2)C1. The van der Waals surface area contributed by atoms with Crippen LogP contribution in [-0.2, 0) is 14.2 Å². The average molecular weight is 908 g/mol. The molecule has 3 aliphatic heterocycles. The molecule has 65 heavy (non-hydrogen) atoms. The molecule has 0 amide bonds. The molecule has 0 aromatic heterocycles. The third-order valence-electron chi connectivity index (χ3n) is 19.4. The predicted octanol–water partition coefficient (Wildman–Crippen LogP) is 18.3. The second-order valence-electron chi connectivity index (χ2n) is 24.9. The molecule has 11 atom stereocenters. The third-order valence-corrected chi connectivity index (χ3v) is 19.4. The van der Waals surface area contributed by atoms with E-state index in [1.165, 1.54) is 302 Å². The Balaban J connectivity index is 0.790. The highest BCUT2D eigenvalue weighted by molar-refractivity contribution is 4.93. The first-order valence-corrected chi connectivity index (χ1v) is 30.8. The normalized spacial score (nSPS) is 32.4. The van der Waals surface area contributed by atoms with Gasteiger partial charge in [0.2, 0.25) is 0 Å². The van der Waals surface area contributed by atoms with E-state index in [0.29, 0.717) is 42.0 Å². The van der Waals surface area contributed by atoms with Crippen LogP contribution in [0.15, 0.2) is 0 Å². The first kappa shape index (κ1) is 52.7. The Morgan fingerprint density at radius 1 is 0.277 bits per heavy atom. The van der Waals surface area contributed by atoms with Gasteiger partial charge in [0.25, 0.3) is 0 Å². The molecule has 378 valence electrons. The number of aliphatic hydroxyl groups is 1. The van der Waals surface area contributed by atoms with Gasteiger partial charge in [-0.2, -0.15) is 0 Å². The van der Waals surface area contributed by atoms with Crippen LogP contribution in [0.4, 0.5) is 0 Å². The molecule has 4 heteroatoms. The van der Waals surface area contributed by atoms with Crippen LogP contribution in [0.5, 0.6) is 0 Å². The molecule has 0 aromatic rings. The highest BCUT2D eigenvalue weighted by atomic mass is 16.6. The average Bonchev–Trinajstić information content (AvgIpc) is 4.22. The zero-order chi connectivity index (χ0) is 44.6. The third kappa shape index (κ3) is 21.4. The standard InChI is InChI=1S/C61H110O4/c62-54-35-29-34-50(46-54)30-21-13-5-1-9-17-25-42-61(43-26-18-10-2-6-14-22-31-51-36-39-55-58(47-51)63-55,44-27-19-11-3-7-15-23-32-52-37-40-56-59(48-52)64-56)45-28-20-12-4-8-16-24-33-53-38-41-57-60(49-53)65-57/h50-60,62H,1-49H2. The van der Waals surface area contributed by atoms with Crippen LogP contribution in [0.25, 0.3) is 0 Å². The van der Waals surface area contributed by atoms with Crippen LogP contribution in [0.1, 0.15) is 315 Å². The number of fused-ring (bicyclic) bond motifs is 3. The number of hydrogen-bond donors (Lipinski definition) is 1. The van der Waals surface area contributed by atoms with Crippen molar-refractivity contribution in [3.05, 3.63) is 0 Å². The Kier molecular flexibility index (Phi) is 24.7. The maximum atomic E-state index is 10.1. The molecule has 1 N–H and O–H groups in total. The van der Waals surface area contributed by atoms with Gasteiger partial charge in [0.15, 0.2) is 0 Å². The van der Waals surface area contributed by atoms with E-state index in [4.69, 9.17) is 14.2 Å². The van der Waals surface area contributed by atoms with Gasteiger partial charge in [-0.15, -0.1) is 0 Å². The van der Waals surface area contributed by atoms with Crippen molar-refractivity contribution in [2.45, 2.75) is 357 Å². The van der Waals surface area contributed by atoms with Crippen LogP contribution in [-0.4, -0.2) is 47.8 Å². The van der Waals surface area contributed by atoms with Gasteiger partial charge in [-0.25, -0.2) is 0 Å². The minimum Gasteiger partial charge on any atom is -0.393 e. The van der Waals surface area contributed by atoms with Gasteiger partial charge in [-0.3, -0.25) is 0 Å². The minimum atomic E-state index is -0.00604. The van der Waals surface area contributed by atoms with E-state index >= 15 is 0 Å². The first-order chi connectivity index (χ1) is 32.1. The lowest BCUT2D eigenvalue weighted by Gasteiger charge is -2.35. The number of unbranched alkanes of at least 4 members (excludes halogenated alkanes) is 24. The second-order valence-corrected chi connectivity index (χ2v) is 24.9. The lowest BCUT2D eigenvalue weighted by atomic mass is 9.70. The molecule has 4 nitrogen and oxygen atoms in total. The highest BCUT2D eigenvalue weighted by Crippen LogP contribution is 2.45. The molecule has 7 rings (SSSR count). The van der Waals surface area contributed by atoms with Gasteiger partial charge in [-0.1, -0.05) is 218 Å². The van der Waals surface area contributed by atoms with Crippen molar-refractivity contribution in [2.24, 2.45) is 29.1 Å². The summed E-state index contributed by atoms with van der Waals surface area (Å²) in [6.07, 6.45) is 74.1. The summed E-state index contributed by atoms with van der Waals surface area (Å²) in [7, 11) is 0. The smallest absolute Gasteiger partial charge is 0.0844 e. The van der Waals surface area contributed by atoms with E-state index in [1.54, 1.807) is 0 Å². The monoisotopic (exact) mass is 907 g/mol. The number of epoxide rings is 3. The fourth-order valence-electron chi connectivity index (χ4n) is 14.8. The van der Waals surface area contributed by atoms with Crippen LogP contribution in [0, 0.1) is 29.1 Å². The molecule has 0 aromatic carbocycles. The predicted molar refractivity (Wildman–Crippen MR) is 275 cm³/mol. The topological polar surface area (TPSA) is 57.8 Å². The van der Waals surface area contributed by atoms with E-state index in [0.717, 1.165) is 36.5 Å². The summed E-state index contributed by atoms with van der Waals surface area (Å²) in [5.74, 6) is 3.71. The van der Waals surface area contributed by atoms with Crippen LogP contribution >= 0.6 is 0 Å². The molecule has 3 saturated heterocycles.